The van der Waals surface area contributed by atoms with Crippen molar-refractivity contribution in [3.05, 3.63) is 12.3 Å². The lowest BCUT2D eigenvalue weighted by atomic mass is 10.2. The Morgan fingerprint density at radius 1 is 1.38 bits per heavy atom. The summed E-state index contributed by atoms with van der Waals surface area (Å²) < 4.78 is 0. The highest BCUT2D eigenvalue weighted by Crippen LogP contribution is 1.97. The lowest BCUT2D eigenvalue weighted by molar-refractivity contribution is 0.539. The molecule has 0 bridgehead atoms. The molecule has 78 valence electrons. The molecule has 0 aromatic rings. The molecule has 0 unspecified atom stereocenters. The van der Waals surface area contributed by atoms with Gasteiger partial charge in [-0.25, -0.2) is 0 Å². The average molecular weight is 184 g/mol. The number of allylic oxidation sites excluding steroid dienone is 1. The molecule has 0 atom stereocenters. The van der Waals surface area contributed by atoms with Gasteiger partial charge in [0, 0.05) is 12.2 Å². The molecular weight excluding hydrogens is 160 g/mol. The Morgan fingerprint density at radius 2 is 2.08 bits per heavy atom. The first-order valence-corrected chi connectivity index (χ1v) is 5.29. The van der Waals surface area contributed by atoms with Gasteiger partial charge in [0.2, 0.25) is 0 Å². The van der Waals surface area contributed by atoms with E-state index in [1.54, 1.807) is 0 Å². The molecule has 0 heterocycles. The molecule has 0 amide bonds. The van der Waals surface area contributed by atoms with E-state index in [0.29, 0.717) is 0 Å². The number of hydrogen-bond acceptors (Lipinski definition) is 2. The van der Waals surface area contributed by atoms with Crippen LogP contribution in [0.3, 0.4) is 0 Å². The average Bonchev–Trinajstić information content (AvgIpc) is 2.03. The van der Waals surface area contributed by atoms with Gasteiger partial charge in [-0.2, -0.15) is 0 Å². The van der Waals surface area contributed by atoms with Crippen molar-refractivity contribution in [2.45, 2.75) is 33.6 Å². The predicted molar refractivity (Wildman–Crippen MR) is 59.8 cm³/mol. The van der Waals surface area contributed by atoms with Gasteiger partial charge in [0.25, 0.3) is 0 Å². The van der Waals surface area contributed by atoms with Crippen LogP contribution in [0.4, 0.5) is 0 Å². The first-order valence-electron chi connectivity index (χ1n) is 5.29. The molecule has 0 saturated heterocycles. The molecule has 0 aromatic heterocycles. The van der Waals surface area contributed by atoms with Crippen LogP contribution in [0.1, 0.15) is 33.6 Å². The van der Waals surface area contributed by atoms with Crippen LogP contribution in [0.15, 0.2) is 12.3 Å². The summed E-state index contributed by atoms with van der Waals surface area (Å²) in [5.41, 5.74) is 1.16. The highest BCUT2D eigenvalue weighted by molar-refractivity contribution is 4.89. The van der Waals surface area contributed by atoms with Crippen molar-refractivity contribution in [2.24, 2.45) is 5.92 Å². The molecule has 2 N–H and O–H groups in total. The zero-order valence-electron chi connectivity index (χ0n) is 9.32. The van der Waals surface area contributed by atoms with E-state index < -0.39 is 0 Å². The van der Waals surface area contributed by atoms with Crippen molar-refractivity contribution in [3.63, 3.8) is 0 Å². The summed E-state index contributed by atoms with van der Waals surface area (Å²) in [5.74, 6) is 0.747. The zero-order chi connectivity index (χ0) is 10.1. The van der Waals surface area contributed by atoms with Crippen molar-refractivity contribution in [2.75, 3.05) is 19.6 Å². The van der Waals surface area contributed by atoms with Crippen LogP contribution in [0.2, 0.25) is 0 Å². The van der Waals surface area contributed by atoms with Crippen molar-refractivity contribution in [1.29, 1.82) is 0 Å². The Bertz CT molecular complexity index is 130. The van der Waals surface area contributed by atoms with Crippen LogP contribution in [0.5, 0.6) is 0 Å². The Morgan fingerprint density at radius 3 is 2.62 bits per heavy atom. The van der Waals surface area contributed by atoms with Crippen LogP contribution in [-0.4, -0.2) is 19.6 Å². The molecule has 0 radical (unpaired) electrons. The van der Waals surface area contributed by atoms with Crippen molar-refractivity contribution in [3.8, 4) is 0 Å². The van der Waals surface area contributed by atoms with E-state index in [2.05, 4.69) is 38.0 Å². The second kappa shape index (κ2) is 8.11. The SMILES string of the molecule is C=C(CCCNCC(C)C)NCC. The molecule has 0 aliphatic rings. The van der Waals surface area contributed by atoms with Gasteiger partial charge in [-0.05, 0) is 38.8 Å². The van der Waals surface area contributed by atoms with Gasteiger partial charge in [-0.15, -0.1) is 0 Å². The zero-order valence-corrected chi connectivity index (χ0v) is 9.32. The smallest absolute Gasteiger partial charge is 0.0115 e. The Balaban J connectivity index is 3.11. The van der Waals surface area contributed by atoms with Crippen LogP contribution in [-0.2, 0) is 0 Å². The molecule has 0 aromatic carbocycles. The molecule has 2 heteroatoms. The minimum absolute atomic E-state index is 0.747. The van der Waals surface area contributed by atoms with Gasteiger partial charge in [0.05, 0.1) is 0 Å². The van der Waals surface area contributed by atoms with E-state index in [1.165, 1.54) is 6.42 Å². The van der Waals surface area contributed by atoms with Gasteiger partial charge in [-0.1, -0.05) is 20.4 Å². The van der Waals surface area contributed by atoms with E-state index in [4.69, 9.17) is 0 Å². The second-order valence-corrected chi connectivity index (χ2v) is 3.84. The number of rotatable bonds is 8. The Kier molecular flexibility index (Phi) is 7.80. The minimum atomic E-state index is 0.747. The lowest BCUT2D eigenvalue weighted by Crippen LogP contribution is -2.21. The first kappa shape index (κ1) is 12.5. The summed E-state index contributed by atoms with van der Waals surface area (Å²) >= 11 is 0. The summed E-state index contributed by atoms with van der Waals surface area (Å²) in [6.45, 7) is 13.7. The fourth-order valence-corrected chi connectivity index (χ4v) is 1.16. The van der Waals surface area contributed by atoms with Gasteiger partial charge >= 0.3 is 0 Å². The third-order valence-corrected chi connectivity index (χ3v) is 1.81. The minimum Gasteiger partial charge on any atom is -0.389 e. The predicted octanol–water partition coefficient (Wildman–Crippen LogP) is 2.14. The van der Waals surface area contributed by atoms with Gasteiger partial charge < -0.3 is 10.6 Å². The molecule has 0 aliphatic carbocycles. The third kappa shape index (κ3) is 9.41. The molecule has 0 rings (SSSR count). The fourth-order valence-electron chi connectivity index (χ4n) is 1.16. The maximum Gasteiger partial charge on any atom is 0.0115 e. The molecular formula is C11H24N2. The van der Waals surface area contributed by atoms with Gasteiger partial charge in [-0.3, -0.25) is 0 Å². The Hall–Kier alpha value is -0.500. The lowest BCUT2D eigenvalue weighted by Gasteiger charge is -2.09. The quantitative estimate of drug-likeness (QED) is 0.565. The van der Waals surface area contributed by atoms with Gasteiger partial charge in [0.15, 0.2) is 0 Å². The van der Waals surface area contributed by atoms with Crippen LogP contribution < -0.4 is 10.6 Å². The monoisotopic (exact) mass is 184 g/mol. The topological polar surface area (TPSA) is 24.1 Å². The highest BCUT2D eigenvalue weighted by Gasteiger charge is 1.94. The fraction of sp³-hybridized carbons (Fsp3) is 0.818. The summed E-state index contributed by atoms with van der Waals surface area (Å²) in [6.07, 6.45) is 2.26. The number of hydrogen-bond donors (Lipinski definition) is 2. The first-order chi connectivity index (χ1) is 6.16. The molecule has 0 fully saturated rings. The molecule has 13 heavy (non-hydrogen) atoms. The standard InChI is InChI=1S/C11H24N2/c1-5-13-11(4)7-6-8-12-9-10(2)3/h10,12-13H,4-9H2,1-3H3. The maximum atomic E-state index is 3.94. The van der Waals surface area contributed by atoms with Crippen molar-refractivity contribution >= 4 is 0 Å². The number of nitrogens with one attached hydrogen (secondary N) is 2. The Labute approximate surface area is 82.8 Å². The third-order valence-electron chi connectivity index (χ3n) is 1.81. The van der Waals surface area contributed by atoms with E-state index in [0.717, 1.165) is 37.7 Å². The van der Waals surface area contributed by atoms with Crippen LogP contribution in [0.25, 0.3) is 0 Å². The largest absolute Gasteiger partial charge is 0.389 e. The summed E-state index contributed by atoms with van der Waals surface area (Å²) in [6, 6.07) is 0. The molecule has 2 nitrogen and oxygen atoms in total. The normalized spacial score (nSPS) is 10.5. The molecule has 0 aliphatic heterocycles. The molecule has 0 saturated carbocycles. The van der Waals surface area contributed by atoms with Gasteiger partial charge in [0.1, 0.15) is 0 Å². The maximum absolute atomic E-state index is 3.94. The second-order valence-electron chi connectivity index (χ2n) is 3.84. The summed E-state index contributed by atoms with van der Waals surface area (Å²) in [7, 11) is 0. The molecule has 0 spiro atoms. The van der Waals surface area contributed by atoms with Crippen LogP contribution in [0, 0.1) is 5.92 Å². The summed E-state index contributed by atoms with van der Waals surface area (Å²) in [4.78, 5) is 0. The van der Waals surface area contributed by atoms with E-state index in [1.807, 2.05) is 0 Å². The van der Waals surface area contributed by atoms with Crippen molar-refractivity contribution < 1.29 is 0 Å². The highest BCUT2D eigenvalue weighted by atomic mass is 14.9. The van der Waals surface area contributed by atoms with E-state index in [-0.39, 0.29) is 0 Å². The van der Waals surface area contributed by atoms with E-state index in [9.17, 15) is 0 Å². The van der Waals surface area contributed by atoms with Crippen molar-refractivity contribution in [1.82, 2.24) is 10.6 Å². The summed E-state index contributed by atoms with van der Waals surface area (Å²) in [5, 5.41) is 6.64. The van der Waals surface area contributed by atoms with E-state index >= 15 is 0 Å². The van der Waals surface area contributed by atoms with Crippen LogP contribution >= 0.6 is 0 Å².